The van der Waals surface area contributed by atoms with E-state index >= 15 is 0 Å². The van der Waals surface area contributed by atoms with E-state index in [1.54, 1.807) is 55.6 Å². The van der Waals surface area contributed by atoms with Crippen LogP contribution >= 0.6 is 23.2 Å². The molecule has 0 aliphatic carbocycles. The number of Topliss-reactive ketones (excluding diaryl/α,β-unsaturated/α-hetero) is 1. The monoisotopic (exact) mass is 633 g/mol. The molecule has 1 aliphatic rings. The minimum Gasteiger partial charge on any atom is -0.497 e. The van der Waals surface area contributed by atoms with Crippen LogP contribution in [0.1, 0.15) is 27.1 Å². The number of carbonyl (C=O) groups is 4. The van der Waals surface area contributed by atoms with Gasteiger partial charge in [-0.25, -0.2) is 4.79 Å². The highest BCUT2D eigenvalue weighted by Gasteiger charge is 2.36. The van der Waals surface area contributed by atoms with Crippen LogP contribution in [0.2, 0.25) is 10.0 Å². The maximum Gasteiger partial charge on any atom is 0.345 e. The first-order chi connectivity index (χ1) is 21.2. The van der Waals surface area contributed by atoms with Crippen LogP contribution in [-0.4, -0.2) is 43.9 Å². The third kappa shape index (κ3) is 7.37. The zero-order valence-electron chi connectivity index (χ0n) is 23.3. The summed E-state index contributed by atoms with van der Waals surface area (Å²) in [6.07, 6.45) is -0.0329. The van der Waals surface area contributed by atoms with Crippen LogP contribution in [0.25, 0.3) is 0 Å². The Balaban J connectivity index is 1.10. The highest BCUT2D eigenvalue weighted by atomic mass is 35.5. The zero-order valence-corrected chi connectivity index (χ0v) is 24.8. The number of halogens is 2. The second-order valence-electron chi connectivity index (χ2n) is 9.75. The van der Waals surface area contributed by atoms with E-state index in [2.05, 4.69) is 0 Å². The summed E-state index contributed by atoms with van der Waals surface area (Å²) in [5.41, 5.74) is 1.01. The second kappa shape index (κ2) is 13.6. The largest absolute Gasteiger partial charge is 0.497 e. The van der Waals surface area contributed by atoms with Crippen molar-refractivity contribution in [2.45, 2.75) is 6.42 Å². The number of nitrogens with zero attached hydrogens (tertiary/aromatic N) is 1. The number of amides is 1. The lowest BCUT2D eigenvalue weighted by Gasteiger charge is -2.17. The number of ketones is 1. The molecule has 1 saturated heterocycles. The standard InChI is InChI=1S/C33H25Cl2NO8/c1-41-24-11-13-26(14-12-24)43-25-9-5-23(6-10-25)36-18-21(16-31(36)38)32(39)42-19-30(37)20-2-7-27(8-3-20)44-33(40)28-15-4-22(34)17-29(28)35/h2-15,17,21H,16,18-19H2,1H3/t21-/m0/s1. The minimum absolute atomic E-state index is 0.0329. The van der Waals surface area contributed by atoms with Crippen molar-refractivity contribution < 1.29 is 38.1 Å². The fourth-order valence-electron chi connectivity index (χ4n) is 4.45. The summed E-state index contributed by atoms with van der Waals surface area (Å²) in [7, 11) is 1.59. The molecule has 0 spiro atoms. The Kier molecular flexibility index (Phi) is 9.47. The van der Waals surface area contributed by atoms with Crippen LogP contribution in [0.3, 0.4) is 0 Å². The van der Waals surface area contributed by atoms with Gasteiger partial charge in [0.15, 0.2) is 12.4 Å². The third-order valence-electron chi connectivity index (χ3n) is 6.79. The summed E-state index contributed by atoms with van der Waals surface area (Å²) in [6.45, 7) is -0.372. The average Bonchev–Trinajstić information content (AvgIpc) is 3.42. The number of carbonyl (C=O) groups excluding carboxylic acids is 4. The van der Waals surface area contributed by atoms with Gasteiger partial charge in [-0.1, -0.05) is 23.2 Å². The van der Waals surface area contributed by atoms with E-state index in [0.717, 1.165) is 0 Å². The lowest BCUT2D eigenvalue weighted by molar-refractivity contribution is -0.147. The molecule has 4 aromatic rings. The van der Waals surface area contributed by atoms with Gasteiger partial charge in [-0.05, 0) is 91.0 Å². The molecule has 0 bridgehead atoms. The molecule has 11 heteroatoms. The van der Waals surface area contributed by atoms with Crippen LogP contribution in [0.5, 0.6) is 23.0 Å². The smallest absolute Gasteiger partial charge is 0.345 e. The fourth-order valence-corrected chi connectivity index (χ4v) is 4.94. The van der Waals surface area contributed by atoms with Gasteiger partial charge in [0.05, 0.1) is 23.6 Å². The predicted molar refractivity (Wildman–Crippen MR) is 163 cm³/mol. The van der Waals surface area contributed by atoms with Crippen molar-refractivity contribution in [3.8, 4) is 23.0 Å². The third-order valence-corrected chi connectivity index (χ3v) is 7.33. The van der Waals surface area contributed by atoms with Gasteiger partial charge in [0, 0.05) is 29.2 Å². The van der Waals surface area contributed by atoms with Gasteiger partial charge >= 0.3 is 11.9 Å². The topological polar surface area (TPSA) is 108 Å². The molecule has 224 valence electrons. The Morgan fingerprint density at radius 3 is 2.07 bits per heavy atom. The van der Waals surface area contributed by atoms with Crippen LogP contribution in [0.4, 0.5) is 5.69 Å². The maximum atomic E-state index is 12.7. The first kappa shape index (κ1) is 30.6. The number of ether oxygens (including phenoxy) is 4. The summed E-state index contributed by atoms with van der Waals surface area (Å²) >= 11 is 11.9. The van der Waals surface area contributed by atoms with Gasteiger partial charge in [0.2, 0.25) is 5.91 Å². The molecule has 1 amide bonds. The van der Waals surface area contributed by atoms with E-state index in [9.17, 15) is 19.2 Å². The molecule has 0 aromatic heterocycles. The van der Waals surface area contributed by atoms with Gasteiger partial charge in [0.25, 0.3) is 0 Å². The molecule has 0 N–H and O–H groups in total. The highest BCUT2D eigenvalue weighted by Crippen LogP contribution is 2.30. The van der Waals surface area contributed by atoms with Crippen molar-refractivity contribution in [1.29, 1.82) is 0 Å². The van der Waals surface area contributed by atoms with Crippen molar-refractivity contribution in [2.24, 2.45) is 5.92 Å². The minimum atomic E-state index is -0.716. The van der Waals surface area contributed by atoms with Crippen molar-refractivity contribution in [1.82, 2.24) is 0 Å². The van der Waals surface area contributed by atoms with Crippen molar-refractivity contribution >= 4 is 52.5 Å². The van der Waals surface area contributed by atoms with E-state index in [1.165, 1.54) is 47.4 Å². The molecule has 0 saturated carbocycles. The van der Waals surface area contributed by atoms with Gasteiger partial charge in [0.1, 0.15) is 23.0 Å². The van der Waals surface area contributed by atoms with E-state index < -0.39 is 30.2 Å². The lowest BCUT2D eigenvalue weighted by Crippen LogP contribution is -2.27. The molecule has 9 nitrogen and oxygen atoms in total. The summed E-state index contributed by atoms with van der Waals surface area (Å²) in [5.74, 6) is -0.598. The summed E-state index contributed by atoms with van der Waals surface area (Å²) in [4.78, 5) is 51.9. The van der Waals surface area contributed by atoms with Gasteiger partial charge in [-0.2, -0.15) is 0 Å². The first-order valence-electron chi connectivity index (χ1n) is 13.4. The Morgan fingerprint density at radius 1 is 0.818 bits per heavy atom. The fraction of sp³-hybridized carbons (Fsp3) is 0.152. The number of esters is 2. The Morgan fingerprint density at radius 2 is 1.43 bits per heavy atom. The molecule has 44 heavy (non-hydrogen) atoms. The van der Waals surface area contributed by atoms with E-state index in [1.807, 2.05) is 0 Å². The molecule has 1 fully saturated rings. The quantitative estimate of drug-likeness (QED) is 0.107. The number of benzene rings is 4. The molecule has 1 aliphatic heterocycles. The van der Waals surface area contributed by atoms with Crippen LogP contribution in [0, 0.1) is 5.92 Å². The van der Waals surface area contributed by atoms with E-state index in [0.29, 0.717) is 28.0 Å². The molecule has 5 rings (SSSR count). The van der Waals surface area contributed by atoms with Crippen LogP contribution in [0.15, 0.2) is 91.0 Å². The molecule has 1 atom stereocenters. The molecular formula is C33H25Cl2NO8. The normalized spacial score (nSPS) is 14.2. The number of anilines is 1. The number of methoxy groups -OCH3 is 1. The molecule has 0 unspecified atom stereocenters. The van der Waals surface area contributed by atoms with Crippen LogP contribution in [-0.2, 0) is 14.3 Å². The summed E-state index contributed by atoms with van der Waals surface area (Å²) in [6, 6.07) is 24.3. The highest BCUT2D eigenvalue weighted by molar-refractivity contribution is 6.36. The summed E-state index contributed by atoms with van der Waals surface area (Å²) < 4.78 is 21.5. The number of hydrogen-bond donors (Lipinski definition) is 0. The van der Waals surface area contributed by atoms with Crippen molar-refractivity contribution in [3.63, 3.8) is 0 Å². The van der Waals surface area contributed by atoms with Gasteiger partial charge < -0.3 is 23.8 Å². The Hall–Kier alpha value is -4.86. The first-order valence-corrected chi connectivity index (χ1v) is 14.1. The zero-order chi connectivity index (χ0) is 31.2. The molecule has 1 heterocycles. The molecule has 0 radical (unpaired) electrons. The molecular weight excluding hydrogens is 609 g/mol. The van der Waals surface area contributed by atoms with Gasteiger partial charge in [-0.15, -0.1) is 0 Å². The summed E-state index contributed by atoms with van der Waals surface area (Å²) in [5, 5.41) is 0.533. The van der Waals surface area contributed by atoms with E-state index in [-0.39, 0.29) is 40.8 Å². The van der Waals surface area contributed by atoms with Crippen LogP contribution < -0.4 is 19.1 Å². The second-order valence-corrected chi connectivity index (χ2v) is 10.6. The average molecular weight is 634 g/mol. The SMILES string of the molecule is COc1ccc(Oc2ccc(N3C[C@@H](C(=O)OCC(=O)c4ccc(OC(=O)c5ccc(Cl)cc5Cl)cc4)CC3=O)cc2)cc1. The van der Waals surface area contributed by atoms with Crippen molar-refractivity contribution in [3.05, 3.63) is 112 Å². The Labute approximate surface area is 262 Å². The molecule has 4 aromatic carbocycles. The lowest BCUT2D eigenvalue weighted by atomic mass is 10.1. The van der Waals surface area contributed by atoms with Crippen molar-refractivity contribution in [2.75, 3.05) is 25.2 Å². The number of hydrogen-bond acceptors (Lipinski definition) is 8. The maximum absolute atomic E-state index is 12.7. The van der Waals surface area contributed by atoms with E-state index in [4.69, 9.17) is 42.1 Å². The number of rotatable bonds is 10. The Bertz CT molecular complexity index is 1690. The predicted octanol–water partition coefficient (Wildman–Crippen LogP) is 6.79. The van der Waals surface area contributed by atoms with Gasteiger partial charge in [-0.3, -0.25) is 14.4 Å².